The van der Waals surface area contributed by atoms with E-state index in [9.17, 15) is 9.59 Å². The molecule has 0 N–H and O–H groups in total. The Morgan fingerprint density at radius 3 is 2.92 bits per heavy atom. The average molecular weight is 183 g/mol. The minimum atomic E-state index is -0.342. The first-order valence-electron chi connectivity index (χ1n) is 4.24. The molecule has 1 aliphatic heterocycles. The van der Waals surface area contributed by atoms with Gasteiger partial charge in [-0.1, -0.05) is 6.08 Å². The van der Waals surface area contributed by atoms with Crippen molar-refractivity contribution in [1.29, 1.82) is 0 Å². The van der Waals surface area contributed by atoms with Gasteiger partial charge >= 0.3 is 5.97 Å². The molecule has 4 heteroatoms. The number of methoxy groups -OCH3 is 1. The van der Waals surface area contributed by atoms with Crippen molar-refractivity contribution in [3.8, 4) is 0 Å². The Balaban J connectivity index is 2.70. The van der Waals surface area contributed by atoms with E-state index in [1.807, 2.05) is 6.92 Å². The number of ether oxygens (including phenoxy) is 1. The molecule has 0 aliphatic carbocycles. The highest BCUT2D eigenvalue weighted by molar-refractivity contribution is 5.92. The Hall–Kier alpha value is -1.32. The maximum absolute atomic E-state index is 11.2. The van der Waals surface area contributed by atoms with Crippen LogP contribution in [0.4, 0.5) is 0 Å². The molecule has 13 heavy (non-hydrogen) atoms. The maximum Gasteiger partial charge on any atom is 0.335 e. The zero-order valence-corrected chi connectivity index (χ0v) is 7.87. The van der Waals surface area contributed by atoms with Crippen molar-refractivity contribution in [1.82, 2.24) is 4.90 Å². The molecule has 0 radical (unpaired) electrons. The fourth-order valence-electron chi connectivity index (χ4n) is 1.27. The molecule has 72 valence electrons. The summed E-state index contributed by atoms with van der Waals surface area (Å²) in [5.41, 5.74) is 0.573. The van der Waals surface area contributed by atoms with E-state index in [0.717, 1.165) is 0 Å². The summed E-state index contributed by atoms with van der Waals surface area (Å²) in [5.74, 6) is -0.277. The van der Waals surface area contributed by atoms with Crippen LogP contribution in [0, 0.1) is 0 Å². The average Bonchev–Trinajstić information content (AvgIpc) is 2.17. The molecule has 1 rings (SSSR count). The SMILES string of the molecule is CCN1CC(C(=O)OC)=CCC1=O. The minimum Gasteiger partial charge on any atom is -0.466 e. The number of carbonyl (C=O) groups is 2. The van der Waals surface area contributed by atoms with Crippen molar-refractivity contribution in [2.75, 3.05) is 20.2 Å². The molecule has 0 fully saturated rings. The fourth-order valence-corrected chi connectivity index (χ4v) is 1.27. The van der Waals surface area contributed by atoms with E-state index >= 15 is 0 Å². The Labute approximate surface area is 77.2 Å². The summed E-state index contributed by atoms with van der Waals surface area (Å²) >= 11 is 0. The largest absolute Gasteiger partial charge is 0.466 e. The molecule has 0 atom stereocenters. The van der Waals surface area contributed by atoms with Crippen LogP contribution in [0.3, 0.4) is 0 Å². The Morgan fingerprint density at radius 2 is 2.38 bits per heavy atom. The predicted molar refractivity (Wildman–Crippen MR) is 47.0 cm³/mol. The summed E-state index contributed by atoms with van der Waals surface area (Å²) in [4.78, 5) is 23.9. The molecule has 0 saturated heterocycles. The lowest BCUT2D eigenvalue weighted by molar-refractivity contribution is -0.137. The molecule has 1 aliphatic rings. The molecular formula is C9H13NO3. The number of rotatable bonds is 2. The van der Waals surface area contributed by atoms with E-state index in [-0.39, 0.29) is 11.9 Å². The Morgan fingerprint density at radius 1 is 1.69 bits per heavy atom. The van der Waals surface area contributed by atoms with Gasteiger partial charge in [0.15, 0.2) is 0 Å². The normalized spacial score (nSPS) is 16.9. The maximum atomic E-state index is 11.2. The van der Waals surface area contributed by atoms with E-state index in [1.165, 1.54) is 7.11 Å². The summed E-state index contributed by atoms with van der Waals surface area (Å²) in [5, 5.41) is 0. The number of esters is 1. The first-order valence-corrected chi connectivity index (χ1v) is 4.24. The van der Waals surface area contributed by atoms with E-state index < -0.39 is 0 Å². The quantitative estimate of drug-likeness (QED) is 0.580. The van der Waals surface area contributed by atoms with Gasteiger partial charge in [-0.15, -0.1) is 0 Å². The van der Waals surface area contributed by atoms with Crippen LogP contribution in [0.25, 0.3) is 0 Å². The van der Waals surface area contributed by atoms with Crippen molar-refractivity contribution < 1.29 is 14.3 Å². The summed E-state index contributed by atoms with van der Waals surface area (Å²) < 4.78 is 4.57. The van der Waals surface area contributed by atoms with Crippen LogP contribution in [0.2, 0.25) is 0 Å². The third-order valence-electron chi connectivity index (χ3n) is 2.07. The van der Waals surface area contributed by atoms with Crippen LogP contribution >= 0.6 is 0 Å². The van der Waals surface area contributed by atoms with Crippen molar-refractivity contribution in [2.45, 2.75) is 13.3 Å². The molecule has 0 aromatic carbocycles. The first kappa shape index (κ1) is 9.77. The number of hydrogen-bond donors (Lipinski definition) is 0. The van der Waals surface area contributed by atoms with Crippen molar-refractivity contribution in [2.24, 2.45) is 0 Å². The summed E-state index contributed by atoms with van der Waals surface area (Å²) in [6, 6.07) is 0. The van der Waals surface area contributed by atoms with Gasteiger partial charge in [-0.25, -0.2) is 4.79 Å². The highest BCUT2D eigenvalue weighted by atomic mass is 16.5. The monoisotopic (exact) mass is 183 g/mol. The fraction of sp³-hybridized carbons (Fsp3) is 0.556. The van der Waals surface area contributed by atoms with Crippen molar-refractivity contribution >= 4 is 11.9 Å². The van der Waals surface area contributed by atoms with E-state index in [2.05, 4.69) is 4.74 Å². The second kappa shape index (κ2) is 4.07. The van der Waals surface area contributed by atoms with Gasteiger partial charge in [-0.3, -0.25) is 4.79 Å². The molecule has 4 nitrogen and oxygen atoms in total. The van der Waals surface area contributed by atoms with Crippen molar-refractivity contribution in [3.05, 3.63) is 11.6 Å². The molecule has 1 heterocycles. The van der Waals surface area contributed by atoms with E-state index in [4.69, 9.17) is 0 Å². The van der Waals surface area contributed by atoms with Gasteiger partial charge in [0.25, 0.3) is 0 Å². The summed E-state index contributed by atoms with van der Waals surface area (Å²) in [7, 11) is 1.34. The van der Waals surface area contributed by atoms with Crippen LogP contribution < -0.4 is 0 Å². The van der Waals surface area contributed by atoms with Gasteiger partial charge in [-0.05, 0) is 6.92 Å². The number of nitrogens with zero attached hydrogens (tertiary/aromatic N) is 1. The zero-order chi connectivity index (χ0) is 9.84. The van der Waals surface area contributed by atoms with E-state index in [1.54, 1.807) is 11.0 Å². The number of carbonyl (C=O) groups excluding carboxylic acids is 2. The van der Waals surface area contributed by atoms with Gasteiger partial charge in [-0.2, -0.15) is 0 Å². The molecule has 0 unspecified atom stereocenters. The van der Waals surface area contributed by atoms with Gasteiger partial charge in [0.1, 0.15) is 0 Å². The second-order valence-corrected chi connectivity index (χ2v) is 2.83. The van der Waals surface area contributed by atoms with Crippen LogP contribution in [0.5, 0.6) is 0 Å². The van der Waals surface area contributed by atoms with Crippen LogP contribution in [-0.4, -0.2) is 37.0 Å². The van der Waals surface area contributed by atoms with Gasteiger partial charge in [0.05, 0.1) is 19.2 Å². The molecule has 1 amide bonds. The summed E-state index contributed by atoms with van der Waals surface area (Å²) in [6.07, 6.45) is 1.94. The molecule has 0 aromatic rings. The third-order valence-corrected chi connectivity index (χ3v) is 2.07. The minimum absolute atomic E-state index is 0.0650. The van der Waals surface area contributed by atoms with Crippen LogP contribution in [-0.2, 0) is 14.3 Å². The number of amides is 1. The lowest BCUT2D eigenvalue weighted by Crippen LogP contribution is -2.36. The van der Waals surface area contributed by atoms with Gasteiger partial charge < -0.3 is 9.64 Å². The Kier molecular flexibility index (Phi) is 3.06. The van der Waals surface area contributed by atoms with Gasteiger partial charge in [0, 0.05) is 13.0 Å². The predicted octanol–water partition coefficient (Wildman–Crippen LogP) is 0.338. The first-order chi connectivity index (χ1) is 6.19. The Bertz CT molecular complexity index is 258. The van der Waals surface area contributed by atoms with Crippen molar-refractivity contribution in [3.63, 3.8) is 0 Å². The molecule has 0 aromatic heterocycles. The molecule has 0 saturated carbocycles. The lowest BCUT2D eigenvalue weighted by atomic mass is 10.1. The number of likely N-dealkylation sites (N-methyl/N-ethyl adjacent to an activating group) is 1. The zero-order valence-electron chi connectivity index (χ0n) is 7.87. The highest BCUT2D eigenvalue weighted by Gasteiger charge is 2.21. The third kappa shape index (κ3) is 2.08. The standard InChI is InChI=1S/C9H13NO3/c1-3-10-6-7(9(12)13-2)4-5-8(10)11/h4H,3,5-6H2,1-2H3. The lowest BCUT2D eigenvalue weighted by Gasteiger charge is -2.24. The van der Waals surface area contributed by atoms with Gasteiger partial charge in [0.2, 0.25) is 5.91 Å². The molecular weight excluding hydrogens is 170 g/mol. The summed E-state index contributed by atoms with van der Waals surface area (Å²) in [6.45, 7) is 2.90. The second-order valence-electron chi connectivity index (χ2n) is 2.83. The number of hydrogen-bond acceptors (Lipinski definition) is 3. The highest BCUT2D eigenvalue weighted by Crippen LogP contribution is 2.11. The molecule has 0 bridgehead atoms. The molecule has 0 spiro atoms. The van der Waals surface area contributed by atoms with Crippen LogP contribution in [0.1, 0.15) is 13.3 Å². The van der Waals surface area contributed by atoms with Crippen LogP contribution in [0.15, 0.2) is 11.6 Å². The van der Waals surface area contributed by atoms with E-state index in [0.29, 0.717) is 25.1 Å². The smallest absolute Gasteiger partial charge is 0.335 e. The topological polar surface area (TPSA) is 46.6 Å².